The van der Waals surface area contributed by atoms with Crippen molar-refractivity contribution in [3.63, 3.8) is 0 Å². The highest BCUT2D eigenvalue weighted by Crippen LogP contribution is 2.44. The van der Waals surface area contributed by atoms with Gasteiger partial charge in [-0.05, 0) is 35.8 Å². The van der Waals surface area contributed by atoms with Crippen LogP contribution in [0.5, 0.6) is 0 Å². The van der Waals surface area contributed by atoms with Crippen LogP contribution in [-0.4, -0.2) is 16.5 Å². The van der Waals surface area contributed by atoms with Crippen molar-refractivity contribution >= 4 is 5.91 Å². The van der Waals surface area contributed by atoms with Crippen LogP contribution in [0.1, 0.15) is 39.2 Å². The van der Waals surface area contributed by atoms with Crippen molar-refractivity contribution in [2.75, 3.05) is 0 Å². The van der Waals surface area contributed by atoms with Gasteiger partial charge in [-0.15, -0.1) is 0 Å². The summed E-state index contributed by atoms with van der Waals surface area (Å²) in [5.74, 6) is 0.586. The Morgan fingerprint density at radius 3 is 2.80 bits per heavy atom. The number of nitrogens with two attached hydrogens (primary N) is 1. The molecule has 0 radical (unpaired) electrons. The number of hydrogen-bond donors (Lipinski definition) is 2. The second-order valence-electron chi connectivity index (χ2n) is 6.81. The van der Waals surface area contributed by atoms with Gasteiger partial charge in [0.1, 0.15) is 0 Å². The molecule has 0 bridgehead atoms. The van der Waals surface area contributed by atoms with E-state index in [4.69, 9.17) is 5.73 Å². The molecular weight excluding hydrogens is 250 g/mol. The normalized spacial score (nSPS) is 29.1. The lowest BCUT2D eigenvalue weighted by molar-refractivity contribution is -0.132. The highest BCUT2D eigenvalue weighted by Gasteiger charge is 2.44. The molecule has 112 valence electrons. The van der Waals surface area contributed by atoms with Crippen LogP contribution < -0.4 is 11.1 Å². The molecule has 1 fully saturated rings. The Morgan fingerprint density at radius 2 is 2.20 bits per heavy atom. The molecule has 3 unspecified atom stereocenters. The highest BCUT2D eigenvalue weighted by molar-refractivity contribution is 5.79. The summed E-state index contributed by atoms with van der Waals surface area (Å²) in [5.41, 5.74) is 7.24. The molecule has 4 nitrogen and oxygen atoms in total. The van der Waals surface area contributed by atoms with E-state index in [2.05, 4.69) is 26.1 Å². The van der Waals surface area contributed by atoms with Gasteiger partial charge >= 0.3 is 0 Å². The third-order valence-corrected chi connectivity index (χ3v) is 5.18. The molecule has 1 heterocycles. The Labute approximate surface area is 121 Å². The van der Waals surface area contributed by atoms with Crippen LogP contribution in [0.4, 0.5) is 0 Å². The standard InChI is InChI=1S/C16H27N3O/c1-11-14(17)6-5-13(16(11,2)3)15(20)18-9-12-7-8-19(4)10-12/h7-8,10-11,13-14H,5-6,9,17H2,1-4H3,(H,18,20). The zero-order valence-electron chi connectivity index (χ0n) is 13.0. The van der Waals surface area contributed by atoms with Crippen LogP contribution in [0.15, 0.2) is 18.5 Å². The first-order chi connectivity index (χ1) is 9.32. The summed E-state index contributed by atoms with van der Waals surface area (Å²) in [4.78, 5) is 12.5. The number of aromatic nitrogens is 1. The maximum absolute atomic E-state index is 12.5. The van der Waals surface area contributed by atoms with Crippen molar-refractivity contribution < 1.29 is 4.79 Å². The topological polar surface area (TPSA) is 60.1 Å². The lowest BCUT2D eigenvalue weighted by Gasteiger charge is -2.46. The first-order valence-electron chi connectivity index (χ1n) is 7.46. The summed E-state index contributed by atoms with van der Waals surface area (Å²) >= 11 is 0. The molecule has 1 amide bonds. The Balaban J connectivity index is 1.98. The minimum Gasteiger partial charge on any atom is -0.357 e. The highest BCUT2D eigenvalue weighted by atomic mass is 16.1. The van der Waals surface area contributed by atoms with Gasteiger partial charge in [-0.25, -0.2) is 0 Å². The van der Waals surface area contributed by atoms with Gasteiger partial charge in [0.2, 0.25) is 5.91 Å². The fourth-order valence-electron chi connectivity index (χ4n) is 3.30. The van der Waals surface area contributed by atoms with Crippen LogP contribution in [0.3, 0.4) is 0 Å². The summed E-state index contributed by atoms with van der Waals surface area (Å²) < 4.78 is 1.99. The lowest BCUT2D eigenvalue weighted by atomic mass is 9.61. The van der Waals surface area contributed by atoms with E-state index >= 15 is 0 Å². The molecule has 3 N–H and O–H groups in total. The molecule has 0 aromatic carbocycles. The van der Waals surface area contributed by atoms with E-state index in [1.165, 1.54) is 0 Å². The van der Waals surface area contributed by atoms with Gasteiger partial charge in [-0.1, -0.05) is 20.8 Å². The van der Waals surface area contributed by atoms with Crippen LogP contribution in [0.2, 0.25) is 0 Å². The molecule has 1 aromatic rings. The van der Waals surface area contributed by atoms with Crippen molar-refractivity contribution in [3.8, 4) is 0 Å². The van der Waals surface area contributed by atoms with E-state index in [0.29, 0.717) is 12.5 Å². The molecule has 0 aliphatic heterocycles. The number of nitrogens with zero attached hydrogens (tertiary/aromatic N) is 1. The Bertz CT molecular complexity index is 478. The van der Waals surface area contributed by atoms with Crippen LogP contribution >= 0.6 is 0 Å². The fourth-order valence-corrected chi connectivity index (χ4v) is 3.30. The van der Waals surface area contributed by atoms with Crippen LogP contribution in [-0.2, 0) is 18.4 Å². The smallest absolute Gasteiger partial charge is 0.223 e. The van der Waals surface area contributed by atoms with E-state index in [1.807, 2.05) is 30.1 Å². The second-order valence-corrected chi connectivity index (χ2v) is 6.81. The van der Waals surface area contributed by atoms with Gasteiger partial charge in [-0.3, -0.25) is 4.79 Å². The van der Waals surface area contributed by atoms with Crippen molar-refractivity contribution in [1.82, 2.24) is 9.88 Å². The predicted molar refractivity (Wildman–Crippen MR) is 80.9 cm³/mol. The molecule has 1 aliphatic carbocycles. The molecule has 0 saturated heterocycles. The number of nitrogens with one attached hydrogen (secondary N) is 1. The van der Waals surface area contributed by atoms with Crippen molar-refractivity contribution in [1.29, 1.82) is 0 Å². The zero-order chi connectivity index (χ0) is 14.9. The Morgan fingerprint density at radius 1 is 1.50 bits per heavy atom. The van der Waals surface area contributed by atoms with Crippen LogP contribution in [0.25, 0.3) is 0 Å². The molecule has 20 heavy (non-hydrogen) atoms. The number of aryl methyl sites for hydroxylation is 1. The Kier molecular flexibility index (Phi) is 4.23. The first-order valence-corrected chi connectivity index (χ1v) is 7.46. The number of hydrogen-bond acceptors (Lipinski definition) is 2. The van der Waals surface area contributed by atoms with E-state index < -0.39 is 0 Å². The van der Waals surface area contributed by atoms with Crippen LogP contribution in [0, 0.1) is 17.3 Å². The third-order valence-electron chi connectivity index (χ3n) is 5.18. The van der Waals surface area contributed by atoms with E-state index in [0.717, 1.165) is 18.4 Å². The number of rotatable bonds is 3. The van der Waals surface area contributed by atoms with Crippen molar-refractivity contribution in [3.05, 3.63) is 24.0 Å². The van der Waals surface area contributed by atoms with Crippen molar-refractivity contribution in [2.24, 2.45) is 30.0 Å². The molecular formula is C16H27N3O. The SMILES string of the molecule is CC1C(N)CCC(C(=O)NCc2ccn(C)c2)C1(C)C. The maximum Gasteiger partial charge on any atom is 0.223 e. The number of carbonyl (C=O) groups excluding carboxylic acids is 1. The Hall–Kier alpha value is -1.29. The van der Waals surface area contributed by atoms with Gasteiger partial charge < -0.3 is 15.6 Å². The molecule has 1 aliphatic rings. The molecule has 2 rings (SSSR count). The van der Waals surface area contributed by atoms with Gasteiger partial charge in [0.25, 0.3) is 0 Å². The zero-order valence-corrected chi connectivity index (χ0v) is 13.0. The maximum atomic E-state index is 12.5. The molecule has 1 aromatic heterocycles. The van der Waals surface area contributed by atoms with Gasteiger partial charge in [0.15, 0.2) is 0 Å². The third kappa shape index (κ3) is 2.90. The monoisotopic (exact) mass is 277 g/mol. The summed E-state index contributed by atoms with van der Waals surface area (Å²) in [6.07, 6.45) is 5.85. The van der Waals surface area contributed by atoms with Gasteiger partial charge in [-0.2, -0.15) is 0 Å². The largest absolute Gasteiger partial charge is 0.357 e. The summed E-state index contributed by atoms with van der Waals surface area (Å²) in [6, 6.07) is 2.24. The minimum atomic E-state index is -0.0432. The van der Waals surface area contributed by atoms with E-state index in [1.54, 1.807) is 0 Å². The average molecular weight is 277 g/mol. The van der Waals surface area contributed by atoms with E-state index in [-0.39, 0.29) is 23.3 Å². The minimum absolute atomic E-state index is 0.0432. The van der Waals surface area contributed by atoms with Gasteiger partial charge in [0.05, 0.1) is 0 Å². The number of amides is 1. The molecule has 1 saturated carbocycles. The predicted octanol–water partition coefficient (Wildman–Crippen LogP) is 2.04. The second kappa shape index (κ2) is 5.60. The summed E-state index contributed by atoms with van der Waals surface area (Å²) in [5, 5.41) is 3.08. The molecule has 3 atom stereocenters. The van der Waals surface area contributed by atoms with Crippen molar-refractivity contribution in [2.45, 2.75) is 46.2 Å². The summed E-state index contributed by atoms with van der Waals surface area (Å²) in [7, 11) is 1.98. The quantitative estimate of drug-likeness (QED) is 0.888. The van der Waals surface area contributed by atoms with E-state index in [9.17, 15) is 4.79 Å². The average Bonchev–Trinajstić information content (AvgIpc) is 2.79. The summed E-state index contributed by atoms with van der Waals surface area (Å²) in [6.45, 7) is 7.11. The molecule has 4 heteroatoms. The number of carbonyl (C=O) groups is 1. The lowest BCUT2D eigenvalue weighted by Crippen LogP contribution is -2.51. The first kappa shape index (κ1) is 15.1. The molecule has 0 spiro atoms. The van der Waals surface area contributed by atoms with Gasteiger partial charge in [0, 0.05) is 37.9 Å². The fraction of sp³-hybridized carbons (Fsp3) is 0.688.